The average Bonchev–Trinajstić information content (AvgIpc) is 2.97. The summed E-state index contributed by atoms with van der Waals surface area (Å²) < 4.78 is 6.72. The van der Waals surface area contributed by atoms with E-state index in [2.05, 4.69) is 10.4 Å². The second-order valence-electron chi connectivity index (χ2n) is 5.45. The minimum Gasteiger partial charge on any atom is -0.507 e. The van der Waals surface area contributed by atoms with E-state index in [9.17, 15) is 14.7 Å². The molecular formula is C16H18ClN3O4. The first kappa shape index (κ1) is 17.8. The Bertz CT molecular complexity index is 758. The summed E-state index contributed by atoms with van der Waals surface area (Å²) in [6.45, 7) is 5.28. The van der Waals surface area contributed by atoms with Crippen LogP contribution >= 0.6 is 11.6 Å². The number of esters is 1. The monoisotopic (exact) mass is 351 g/mol. The Labute approximate surface area is 144 Å². The Hall–Kier alpha value is -2.54. The van der Waals surface area contributed by atoms with Crippen LogP contribution in [0.2, 0.25) is 5.02 Å². The second kappa shape index (κ2) is 7.35. The number of aromatic nitrogens is 2. The van der Waals surface area contributed by atoms with Crippen LogP contribution in [0.4, 0.5) is 5.82 Å². The van der Waals surface area contributed by atoms with E-state index >= 15 is 0 Å². The van der Waals surface area contributed by atoms with E-state index in [0.29, 0.717) is 5.82 Å². The molecule has 0 radical (unpaired) electrons. The highest BCUT2D eigenvalue weighted by molar-refractivity contribution is 6.31. The van der Waals surface area contributed by atoms with Crippen molar-refractivity contribution in [1.29, 1.82) is 0 Å². The quantitative estimate of drug-likeness (QED) is 0.807. The summed E-state index contributed by atoms with van der Waals surface area (Å²) in [5.41, 5.74) is -0.102. The van der Waals surface area contributed by atoms with Gasteiger partial charge in [0, 0.05) is 17.1 Å². The summed E-state index contributed by atoms with van der Waals surface area (Å²) in [7, 11) is 0. The van der Waals surface area contributed by atoms with E-state index < -0.39 is 18.0 Å². The molecule has 2 rings (SSSR count). The minimum absolute atomic E-state index is 0.0663. The molecule has 0 saturated carbocycles. The lowest BCUT2D eigenvalue weighted by Gasteiger charge is -2.16. The first-order valence-electron chi connectivity index (χ1n) is 7.33. The van der Waals surface area contributed by atoms with Crippen LogP contribution in [0.3, 0.4) is 0 Å². The molecule has 0 bridgehead atoms. The van der Waals surface area contributed by atoms with Crippen LogP contribution in [0.15, 0.2) is 30.5 Å². The van der Waals surface area contributed by atoms with Crippen molar-refractivity contribution >= 4 is 29.3 Å². The van der Waals surface area contributed by atoms with Gasteiger partial charge in [0.2, 0.25) is 0 Å². The predicted molar refractivity (Wildman–Crippen MR) is 89.2 cm³/mol. The molecule has 2 N–H and O–H groups in total. The van der Waals surface area contributed by atoms with Gasteiger partial charge in [-0.1, -0.05) is 11.6 Å². The van der Waals surface area contributed by atoms with Gasteiger partial charge in [-0.3, -0.25) is 4.79 Å². The summed E-state index contributed by atoms with van der Waals surface area (Å²) in [6.07, 6.45) is 0.502. The van der Waals surface area contributed by atoms with Crippen molar-refractivity contribution in [3.05, 3.63) is 41.0 Å². The fourth-order valence-electron chi connectivity index (χ4n) is 2.00. The third kappa shape index (κ3) is 4.05. The molecule has 7 nitrogen and oxygen atoms in total. The fraction of sp³-hybridized carbons (Fsp3) is 0.312. The van der Waals surface area contributed by atoms with Gasteiger partial charge in [0.1, 0.15) is 17.1 Å². The number of benzene rings is 1. The number of hydrogen-bond donors (Lipinski definition) is 2. The number of amides is 1. The smallest absolute Gasteiger partial charge is 0.342 e. The first-order valence-corrected chi connectivity index (χ1v) is 7.71. The zero-order chi connectivity index (χ0) is 17.9. The lowest BCUT2D eigenvalue weighted by Crippen LogP contribution is -2.31. The molecule has 8 heteroatoms. The summed E-state index contributed by atoms with van der Waals surface area (Å²) in [5.74, 6) is -1.11. The summed E-state index contributed by atoms with van der Waals surface area (Å²) in [5, 5.41) is 16.7. The molecule has 1 heterocycles. The van der Waals surface area contributed by atoms with E-state index in [4.69, 9.17) is 16.3 Å². The van der Waals surface area contributed by atoms with Gasteiger partial charge in [-0.2, -0.15) is 5.10 Å². The van der Waals surface area contributed by atoms with Crippen LogP contribution in [0.5, 0.6) is 5.75 Å². The summed E-state index contributed by atoms with van der Waals surface area (Å²) in [6, 6.07) is 5.71. The number of rotatable bonds is 5. The number of carbonyl (C=O) groups is 2. The van der Waals surface area contributed by atoms with Crippen molar-refractivity contribution in [2.45, 2.75) is 32.9 Å². The predicted octanol–water partition coefficient (Wildman–Crippen LogP) is 3.01. The van der Waals surface area contributed by atoms with Gasteiger partial charge in [-0.05, 0) is 39.0 Å². The van der Waals surface area contributed by atoms with Gasteiger partial charge in [0.25, 0.3) is 5.91 Å². The van der Waals surface area contributed by atoms with Crippen LogP contribution in [0.1, 0.15) is 37.2 Å². The van der Waals surface area contributed by atoms with Gasteiger partial charge in [0.15, 0.2) is 6.10 Å². The number of nitrogens with zero attached hydrogens (tertiary/aromatic N) is 2. The largest absolute Gasteiger partial charge is 0.507 e. The standard InChI is InChI=1S/C16H18ClN3O4/c1-9(2)20-14(6-7-18-20)19-15(22)10(3)24-16(23)12-8-11(17)4-5-13(12)21/h4-10,21H,1-3H3,(H,19,22)/t10-/m1/s1. The SMILES string of the molecule is CC(C)n1nccc1NC(=O)[C@@H](C)OC(=O)c1cc(Cl)ccc1O. The van der Waals surface area contributed by atoms with Crippen molar-refractivity contribution in [1.82, 2.24) is 9.78 Å². The number of hydrogen-bond acceptors (Lipinski definition) is 5. The summed E-state index contributed by atoms with van der Waals surface area (Å²) >= 11 is 5.79. The molecule has 0 aliphatic heterocycles. The Balaban J connectivity index is 2.04. The van der Waals surface area contributed by atoms with E-state index in [0.717, 1.165) is 0 Å². The van der Waals surface area contributed by atoms with Crippen LogP contribution in [0, 0.1) is 0 Å². The molecule has 1 aromatic carbocycles. The zero-order valence-corrected chi connectivity index (χ0v) is 14.2. The lowest BCUT2D eigenvalue weighted by molar-refractivity contribution is -0.123. The van der Waals surface area contributed by atoms with E-state index in [-0.39, 0.29) is 22.4 Å². The zero-order valence-electron chi connectivity index (χ0n) is 13.5. The van der Waals surface area contributed by atoms with Crippen molar-refractivity contribution in [2.75, 3.05) is 5.32 Å². The average molecular weight is 352 g/mol. The Morgan fingerprint density at radius 3 is 2.67 bits per heavy atom. The number of carbonyl (C=O) groups excluding carboxylic acids is 2. The van der Waals surface area contributed by atoms with Crippen LogP contribution in [-0.2, 0) is 9.53 Å². The third-order valence-electron chi connectivity index (χ3n) is 3.24. The number of nitrogens with one attached hydrogen (secondary N) is 1. The topological polar surface area (TPSA) is 93.5 Å². The molecule has 1 atom stereocenters. The molecule has 0 aliphatic carbocycles. The molecule has 0 fully saturated rings. The van der Waals surface area contributed by atoms with Gasteiger partial charge in [0.05, 0.1) is 6.20 Å². The first-order chi connectivity index (χ1) is 11.3. The number of halogens is 1. The van der Waals surface area contributed by atoms with Crippen molar-refractivity contribution in [2.24, 2.45) is 0 Å². The maximum atomic E-state index is 12.2. The highest BCUT2D eigenvalue weighted by Crippen LogP contribution is 2.23. The number of phenolic OH excluding ortho intramolecular Hbond substituents is 1. The number of ether oxygens (including phenoxy) is 1. The Morgan fingerprint density at radius 1 is 1.29 bits per heavy atom. The van der Waals surface area contributed by atoms with Crippen LogP contribution < -0.4 is 5.32 Å². The van der Waals surface area contributed by atoms with Crippen LogP contribution in [-0.4, -0.2) is 32.9 Å². The minimum atomic E-state index is -1.06. The highest BCUT2D eigenvalue weighted by Gasteiger charge is 2.22. The maximum Gasteiger partial charge on any atom is 0.342 e. The molecule has 1 aromatic heterocycles. The molecule has 128 valence electrons. The van der Waals surface area contributed by atoms with E-state index in [1.807, 2.05) is 13.8 Å². The Morgan fingerprint density at radius 2 is 2.00 bits per heavy atom. The van der Waals surface area contributed by atoms with E-state index in [1.54, 1.807) is 16.9 Å². The molecule has 0 aliphatic rings. The molecular weight excluding hydrogens is 334 g/mol. The number of phenols is 1. The van der Waals surface area contributed by atoms with Crippen molar-refractivity contribution in [3.63, 3.8) is 0 Å². The van der Waals surface area contributed by atoms with Crippen molar-refractivity contribution in [3.8, 4) is 5.75 Å². The van der Waals surface area contributed by atoms with Crippen molar-refractivity contribution < 1.29 is 19.4 Å². The third-order valence-corrected chi connectivity index (χ3v) is 3.48. The molecule has 0 saturated heterocycles. The second-order valence-corrected chi connectivity index (χ2v) is 5.89. The van der Waals surface area contributed by atoms with Gasteiger partial charge in [-0.15, -0.1) is 0 Å². The number of anilines is 1. The fourth-order valence-corrected chi connectivity index (χ4v) is 2.17. The van der Waals surface area contributed by atoms with Gasteiger partial charge in [-0.25, -0.2) is 9.48 Å². The van der Waals surface area contributed by atoms with E-state index in [1.165, 1.54) is 25.1 Å². The maximum absolute atomic E-state index is 12.2. The highest BCUT2D eigenvalue weighted by atomic mass is 35.5. The molecule has 0 spiro atoms. The van der Waals surface area contributed by atoms with Gasteiger partial charge < -0.3 is 15.2 Å². The molecule has 1 amide bonds. The molecule has 0 unspecified atom stereocenters. The van der Waals surface area contributed by atoms with Crippen LogP contribution in [0.25, 0.3) is 0 Å². The lowest BCUT2D eigenvalue weighted by atomic mass is 10.2. The number of aromatic hydroxyl groups is 1. The Kier molecular flexibility index (Phi) is 5.46. The summed E-state index contributed by atoms with van der Waals surface area (Å²) in [4.78, 5) is 24.3. The molecule has 2 aromatic rings. The normalized spacial score (nSPS) is 12.0. The van der Waals surface area contributed by atoms with Gasteiger partial charge >= 0.3 is 5.97 Å². The molecule has 24 heavy (non-hydrogen) atoms.